The molecule has 19 heavy (non-hydrogen) atoms. The Hall–Kier alpha value is -1.39. The lowest BCUT2D eigenvalue weighted by Crippen LogP contribution is -2.36. The molecule has 0 saturated carbocycles. The largest absolute Gasteiger partial charge is 0.366 e. The average Bonchev–Trinajstić information content (AvgIpc) is 2.30. The van der Waals surface area contributed by atoms with Crippen LogP contribution in [0.15, 0.2) is 18.2 Å². The summed E-state index contributed by atoms with van der Waals surface area (Å²) in [5.41, 5.74) is 14.0. The number of aryl methyl sites for hydroxylation is 1. The summed E-state index contributed by atoms with van der Waals surface area (Å²) in [5, 5.41) is 0. The molecule has 0 atom stereocenters. The average molecular weight is 263 g/mol. The minimum Gasteiger partial charge on any atom is -0.366 e. The molecular formula is C15H25N3O. The minimum absolute atomic E-state index is 0.107. The first-order valence-electron chi connectivity index (χ1n) is 6.53. The van der Waals surface area contributed by atoms with Crippen LogP contribution in [0.1, 0.15) is 35.3 Å². The number of carbonyl (C=O) groups excluding carboxylic acids is 1. The van der Waals surface area contributed by atoms with Gasteiger partial charge in [0.25, 0.3) is 0 Å². The Morgan fingerprint density at radius 2 is 2.00 bits per heavy atom. The van der Waals surface area contributed by atoms with E-state index in [0.717, 1.165) is 18.7 Å². The van der Waals surface area contributed by atoms with E-state index in [-0.39, 0.29) is 11.3 Å². The quantitative estimate of drug-likeness (QED) is 0.817. The molecule has 1 amide bonds. The molecule has 0 saturated heterocycles. The summed E-state index contributed by atoms with van der Waals surface area (Å²) in [7, 11) is 2.08. The van der Waals surface area contributed by atoms with Gasteiger partial charge in [-0.15, -0.1) is 0 Å². The standard InChI is InChI=1S/C15H25N3O/c1-11-7-12(14(17)19)5-6-13(11)8-18(4)10-15(2,3)9-16/h5-7H,8-10,16H2,1-4H3,(H2,17,19). The molecule has 1 aromatic carbocycles. The first-order valence-corrected chi connectivity index (χ1v) is 6.53. The van der Waals surface area contributed by atoms with Crippen molar-refractivity contribution >= 4 is 5.91 Å². The Balaban J connectivity index is 2.75. The fourth-order valence-electron chi connectivity index (χ4n) is 2.17. The highest BCUT2D eigenvalue weighted by atomic mass is 16.1. The molecule has 0 unspecified atom stereocenters. The molecular weight excluding hydrogens is 238 g/mol. The number of carbonyl (C=O) groups is 1. The minimum atomic E-state index is -0.382. The van der Waals surface area contributed by atoms with Crippen molar-refractivity contribution < 1.29 is 4.79 Å². The zero-order chi connectivity index (χ0) is 14.6. The first-order chi connectivity index (χ1) is 8.75. The Morgan fingerprint density at radius 3 is 2.47 bits per heavy atom. The van der Waals surface area contributed by atoms with Crippen LogP contribution in [0, 0.1) is 12.3 Å². The second kappa shape index (κ2) is 6.17. The number of hydrogen-bond acceptors (Lipinski definition) is 3. The summed E-state index contributed by atoms with van der Waals surface area (Å²) >= 11 is 0. The highest BCUT2D eigenvalue weighted by molar-refractivity contribution is 5.93. The highest BCUT2D eigenvalue weighted by Gasteiger charge is 2.18. The molecule has 0 bridgehead atoms. The van der Waals surface area contributed by atoms with Gasteiger partial charge in [-0.2, -0.15) is 0 Å². The topological polar surface area (TPSA) is 72.4 Å². The Bertz CT molecular complexity index is 455. The zero-order valence-corrected chi connectivity index (χ0v) is 12.4. The second-order valence-electron chi connectivity index (χ2n) is 6.05. The van der Waals surface area contributed by atoms with Gasteiger partial charge in [0.05, 0.1) is 0 Å². The van der Waals surface area contributed by atoms with Crippen molar-refractivity contribution in [3.63, 3.8) is 0 Å². The van der Waals surface area contributed by atoms with Crippen molar-refractivity contribution in [2.45, 2.75) is 27.3 Å². The van der Waals surface area contributed by atoms with Crippen molar-refractivity contribution in [3.8, 4) is 0 Å². The normalized spacial score (nSPS) is 11.9. The van der Waals surface area contributed by atoms with Crippen LogP contribution in [0.2, 0.25) is 0 Å². The fourth-order valence-corrected chi connectivity index (χ4v) is 2.17. The van der Waals surface area contributed by atoms with Crippen molar-refractivity contribution in [1.82, 2.24) is 4.90 Å². The maximum atomic E-state index is 11.1. The van der Waals surface area contributed by atoms with Crippen molar-refractivity contribution in [1.29, 1.82) is 0 Å². The van der Waals surface area contributed by atoms with Gasteiger partial charge < -0.3 is 16.4 Å². The van der Waals surface area contributed by atoms with Crippen LogP contribution in [-0.2, 0) is 6.54 Å². The molecule has 0 radical (unpaired) electrons. The van der Waals surface area contributed by atoms with Gasteiger partial charge in [0.15, 0.2) is 0 Å². The van der Waals surface area contributed by atoms with Gasteiger partial charge >= 0.3 is 0 Å². The molecule has 1 rings (SSSR count). The Labute approximate surface area is 115 Å². The number of nitrogens with zero attached hydrogens (tertiary/aromatic N) is 1. The van der Waals surface area contributed by atoms with E-state index in [4.69, 9.17) is 11.5 Å². The van der Waals surface area contributed by atoms with E-state index in [1.807, 2.05) is 19.1 Å². The number of nitrogens with two attached hydrogens (primary N) is 2. The molecule has 4 nitrogen and oxygen atoms in total. The highest BCUT2D eigenvalue weighted by Crippen LogP contribution is 2.17. The van der Waals surface area contributed by atoms with Crippen LogP contribution in [0.25, 0.3) is 0 Å². The lowest BCUT2D eigenvalue weighted by molar-refractivity contribution is 0.1000. The summed E-state index contributed by atoms with van der Waals surface area (Å²) < 4.78 is 0. The third-order valence-corrected chi connectivity index (χ3v) is 3.32. The first kappa shape index (κ1) is 15.7. The predicted octanol–water partition coefficient (Wildman–Crippen LogP) is 1.51. The van der Waals surface area contributed by atoms with Crippen LogP contribution in [-0.4, -0.2) is 30.9 Å². The monoisotopic (exact) mass is 263 g/mol. The molecule has 0 fully saturated rings. The molecule has 4 N–H and O–H groups in total. The third-order valence-electron chi connectivity index (χ3n) is 3.32. The third kappa shape index (κ3) is 4.65. The number of amides is 1. The van der Waals surface area contributed by atoms with Crippen molar-refractivity contribution in [2.24, 2.45) is 16.9 Å². The van der Waals surface area contributed by atoms with Gasteiger partial charge in [-0.25, -0.2) is 0 Å². The van der Waals surface area contributed by atoms with Gasteiger partial charge in [-0.1, -0.05) is 19.9 Å². The summed E-state index contributed by atoms with van der Waals surface area (Å²) in [6, 6.07) is 5.60. The van der Waals surface area contributed by atoms with Gasteiger partial charge in [-0.3, -0.25) is 4.79 Å². The molecule has 1 aromatic rings. The number of hydrogen-bond donors (Lipinski definition) is 2. The summed E-state index contributed by atoms with van der Waals surface area (Å²) in [5.74, 6) is -0.382. The Kier molecular flexibility index (Phi) is 5.09. The van der Waals surface area contributed by atoms with Gasteiger partial charge in [0.2, 0.25) is 5.91 Å². The van der Waals surface area contributed by atoms with Crippen LogP contribution < -0.4 is 11.5 Å². The van der Waals surface area contributed by atoms with Crippen molar-refractivity contribution in [2.75, 3.05) is 20.1 Å². The summed E-state index contributed by atoms with van der Waals surface area (Å²) in [6.45, 7) is 8.76. The maximum absolute atomic E-state index is 11.1. The molecule has 0 aliphatic heterocycles. The van der Waals surface area contributed by atoms with Gasteiger partial charge in [-0.05, 0) is 49.2 Å². The predicted molar refractivity (Wildman–Crippen MR) is 78.9 cm³/mol. The van der Waals surface area contributed by atoms with E-state index in [9.17, 15) is 4.79 Å². The number of rotatable bonds is 6. The molecule has 106 valence electrons. The lowest BCUT2D eigenvalue weighted by atomic mass is 9.93. The van der Waals surface area contributed by atoms with Crippen molar-refractivity contribution in [3.05, 3.63) is 34.9 Å². The van der Waals surface area contributed by atoms with Crippen LogP contribution in [0.5, 0.6) is 0 Å². The summed E-state index contributed by atoms with van der Waals surface area (Å²) in [4.78, 5) is 13.4. The van der Waals surface area contributed by atoms with E-state index in [1.165, 1.54) is 5.56 Å². The molecule has 0 aliphatic carbocycles. The zero-order valence-electron chi connectivity index (χ0n) is 12.4. The second-order valence-corrected chi connectivity index (χ2v) is 6.05. The molecule has 0 aromatic heterocycles. The van der Waals surface area contributed by atoms with Gasteiger partial charge in [0, 0.05) is 18.7 Å². The van der Waals surface area contributed by atoms with Crippen LogP contribution in [0.4, 0.5) is 0 Å². The SMILES string of the molecule is Cc1cc(C(N)=O)ccc1CN(C)CC(C)(C)CN. The molecule has 0 heterocycles. The summed E-state index contributed by atoms with van der Waals surface area (Å²) in [6.07, 6.45) is 0. The number of benzene rings is 1. The maximum Gasteiger partial charge on any atom is 0.248 e. The molecule has 4 heteroatoms. The van der Waals surface area contributed by atoms with Crippen LogP contribution >= 0.6 is 0 Å². The van der Waals surface area contributed by atoms with E-state index in [2.05, 4.69) is 25.8 Å². The van der Waals surface area contributed by atoms with E-state index in [0.29, 0.717) is 12.1 Å². The Morgan fingerprint density at radius 1 is 1.37 bits per heavy atom. The van der Waals surface area contributed by atoms with Gasteiger partial charge in [0.1, 0.15) is 0 Å². The van der Waals surface area contributed by atoms with E-state index < -0.39 is 0 Å². The number of primary amides is 1. The lowest BCUT2D eigenvalue weighted by Gasteiger charge is -2.29. The van der Waals surface area contributed by atoms with E-state index >= 15 is 0 Å². The molecule has 0 spiro atoms. The van der Waals surface area contributed by atoms with Crippen LogP contribution in [0.3, 0.4) is 0 Å². The fraction of sp³-hybridized carbons (Fsp3) is 0.533. The van der Waals surface area contributed by atoms with E-state index in [1.54, 1.807) is 6.07 Å². The smallest absolute Gasteiger partial charge is 0.248 e. The molecule has 0 aliphatic rings.